The highest BCUT2D eigenvalue weighted by atomic mass is 19.4. The Morgan fingerprint density at radius 3 is 1.91 bits per heavy atom. The monoisotopic (exact) mass is 352 g/mol. The van der Waals surface area contributed by atoms with Gasteiger partial charge in [-0.2, -0.15) is 26.3 Å². The molecule has 3 atom stereocenters. The smallest absolute Gasteiger partial charge is 0.417 e. The third kappa shape index (κ3) is 5.69. The highest BCUT2D eigenvalue weighted by Crippen LogP contribution is 2.44. The van der Waals surface area contributed by atoms with Crippen molar-refractivity contribution in [1.82, 2.24) is 0 Å². The molecule has 0 heterocycles. The van der Waals surface area contributed by atoms with Crippen molar-refractivity contribution >= 4 is 5.97 Å². The Kier molecular flexibility index (Phi) is 6.68. The molecule has 0 aromatic heterocycles. The number of ether oxygens (including phenoxy) is 1. The maximum Gasteiger partial charge on any atom is 0.417 e. The molecule has 0 aromatic rings. The summed E-state index contributed by atoms with van der Waals surface area (Å²) in [5.74, 6) is -1.24. The second-order valence-electron chi connectivity index (χ2n) is 5.66. The van der Waals surface area contributed by atoms with E-state index < -0.39 is 54.9 Å². The first-order valence-corrected chi connectivity index (χ1v) is 6.39. The summed E-state index contributed by atoms with van der Waals surface area (Å²) in [6.07, 6.45) is -13.9. The van der Waals surface area contributed by atoms with Crippen LogP contribution in [-0.2, 0) is 9.53 Å². The van der Waals surface area contributed by atoms with Gasteiger partial charge in [-0.15, -0.1) is 0 Å². The lowest BCUT2D eigenvalue weighted by Gasteiger charge is -2.36. The van der Waals surface area contributed by atoms with Gasteiger partial charge in [-0.05, 0) is 13.8 Å². The first kappa shape index (κ1) is 21.7. The highest BCUT2D eigenvalue weighted by molar-refractivity contribution is 5.81. The van der Waals surface area contributed by atoms with Gasteiger partial charge in [-0.25, -0.2) is 4.79 Å². The summed E-state index contributed by atoms with van der Waals surface area (Å²) in [5.41, 5.74) is -6.18. The van der Waals surface area contributed by atoms with E-state index in [0.717, 1.165) is 0 Å². The summed E-state index contributed by atoms with van der Waals surface area (Å²) >= 11 is 0. The molecule has 0 saturated carbocycles. The molecule has 2 N–H and O–H groups in total. The molecule has 4 nitrogen and oxygen atoms in total. The number of halogens is 6. The minimum Gasteiger partial charge on any atom is -0.459 e. The van der Waals surface area contributed by atoms with Gasteiger partial charge in [0.05, 0.1) is 12.0 Å². The van der Waals surface area contributed by atoms with Crippen LogP contribution in [0.3, 0.4) is 0 Å². The van der Waals surface area contributed by atoms with E-state index in [1.54, 1.807) is 0 Å². The number of aliphatic hydroxyl groups is 2. The van der Waals surface area contributed by atoms with Crippen LogP contribution in [0, 0.1) is 5.41 Å². The van der Waals surface area contributed by atoms with Crippen LogP contribution >= 0.6 is 0 Å². The van der Waals surface area contributed by atoms with E-state index in [1.807, 2.05) is 0 Å². The van der Waals surface area contributed by atoms with E-state index in [1.165, 1.54) is 0 Å². The fourth-order valence-electron chi connectivity index (χ4n) is 1.70. The molecule has 0 radical (unpaired) electrons. The third-order valence-electron chi connectivity index (χ3n) is 3.40. The Morgan fingerprint density at radius 2 is 1.61 bits per heavy atom. The van der Waals surface area contributed by atoms with E-state index >= 15 is 0 Å². The summed E-state index contributed by atoms with van der Waals surface area (Å²) in [7, 11) is 0. The summed E-state index contributed by atoms with van der Waals surface area (Å²) in [5, 5.41) is 18.3. The van der Waals surface area contributed by atoms with Crippen molar-refractivity contribution in [3.8, 4) is 0 Å². The Hall–Kier alpha value is -1.29. The van der Waals surface area contributed by atoms with Crippen molar-refractivity contribution in [3.63, 3.8) is 0 Å². The molecule has 3 unspecified atom stereocenters. The van der Waals surface area contributed by atoms with E-state index in [2.05, 4.69) is 11.3 Å². The summed E-state index contributed by atoms with van der Waals surface area (Å²) < 4.78 is 81.4. The number of esters is 1. The predicted octanol–water partition coefficient (Wildman–Crippen LogP) is 2.74. The number of aliphatic hydroxyl groups excluding tert-OH is 1. The third-order valence-corrected chi connectivity index (χ3v) is 3.40. The zero-order valence-electron chi connectivity index (χ0n) is 12.5. The van der Waals surface area contributed by atoms with Crippen molar-refractivity contribution in [2.24, 2.45) is 5.41 Å². The molecule has 136 valence electrons. The van der Waals surface area contributed by atoms with Crippen LogP contribution < -0.4 is 0 Å². The Morgan fingerprint density at radius 1 is 1.13 bits per heavy atom. The SMILES string of the molecule is C=CC(=O)OC(CC(C)(O)C(F)(F)F)CC(C)(CO)C(F)(F)F. The van der Waals surface area contributed by atoms with Crippen LogP contribution in [0.4, 0.5) is 26.3 Å². The van der Waals surface area contributed by atoms with Crippen molar-refractivity contribution < 1.29 is 46.1 Å². The Labute approximate surface area is 128 Å². The van der Waals surface area contributed by atoms with Gasteiger partial charge in [0.1, 0.15) is 6.10 Å². The number of rotatable bonds is 7. The molecule has 0 amide bonds. The normalized spacial score (nSPS) is 19.4. The standard InChI is InChI=1S/C13H18F6O4/c1-4-9(21)23-8(6-11(3,22)13(17,18)19)5-10(2,7-20)12(14,15)16/h4,8,20,22H,1,5-7H2,2-3H3. The second-order valence-corrected chi connectivity index (χ2v) is 5.66. The van der Waals surface area contributed by atoms with Gasteiger partial charge in [0.15, 0.2) is 5.60 Å². The van der Waals surface area contributed by atoms with Gasteiger partial charge in [0.2, 0.25) is 0 Å². The van der Waals surface area contributed by atoms with Gasteiger partial charge in [0.25, 0.3) is 0 Å². The van der Waals surface area contributed by atoms with Gasteiger partial charge in [0, 0.05) is 18.9 Å². The lowest BCUT2D eigenvalue weighted by molar-refractivity contribution is -0.268. The number of hydrogen-bond acceptors (Lipinski definition) is 4. The van der Waals surface area contributed by atoms with Crippen LogP contribution in [0.2, 0.25) is 0 Å². The van der Waals surface area contributed by atoms with Crippen LogP contribution in [0.1, 0.15) is 26.7 Å². The molecule has 0 aliphatic heterocycles. The van der Waals surface area contributed by atoms with Gasteiger partial charge < -0.3 is 14.9 Å². The van der Waals surface area contributed by atoms with Crippen LogP contribution in [0.15, 0.2) is 12.7 Å². The maximum absolute atomic E-state index is 12.9. The van der Waals surface area contributed by atoms with Crippen molar-refractivity contribution in [2.75, 3.05) is 6.61 Å². The first-order valence-electron chi connectivity index (χ1n) is 6.39. The van der Waals surface area contributed by atoms with Gasteiger partial charge >= 0.3 is 18.3 Å². The zero-order chi connectivity index (χ0) is 18.7. The molecule has 23 heavy (non-hydrogen) atoms. The molecule has 0 bridgehead atoms. The average molecular weight is 352 g/mol. The quantitative estimate of drug-likeness (QED) is 0.420. The second kappa shape index (κ2) is 7.08. The molecular weight excluding hydrogens is 334 g/mol. The van der Waals surface area contributed by atoms with E-state index in [9.17, 15) is 36.2 Å². The fraction of sp³-hybridized carbons (Fsp3) is 0.769. The molecule has 0 fully saturated rings. The van der Waals surface area contributed by atoms with E-state index in [4.69, 9.17) is 5.11 Å². The average Bonchev–Trinajstić information content (AvgIpc) is 2.34. The first-order chi connectivity index (χ1) is 10.1. The number of alkyl halides is 6. The lowest BCUT2D eigenvalue weighted by Crippen LogP contribution is -2.48. The largest absolute Gasteiger partial charge is 0.459 e. The molecule has 0 rings (SSSR count). The van der Waals surface area contributed by atoms with Gasteiger partial charge in [-0.1, -0.05) is 6.58 Å². The predicted molar refractivity (Wildman–Crippen MR) is 67.2 cm³/mol. The molecule has 10 heteroatoms. The van der Waals surface area contributed by atoms with Crippen molar-refractivity contribution in [1.29, 1.82) is 0 Å². The molecule has 0 spiro atoms. The minimum absolute atomic E-state index is 0.353. The Balaban J connectivity index is 5.48. The molecular formula is C13H18F6O4. The summed E-state index contributed by atoms with van der Waals surface area (Å²) in [4.78, 5) is 11.1. The fourth-order valence-corrected chi connectivity index (χ4v) is 1.70. The molecule has 0 saturated heterocycles. The van der Waals surface area contributed by atoms with Crippen LogP contribution in [0.5, 0.6) is 0 Å². The zero-order valence-corrected chi connectivity index (χ0v) is 12.5. The minimum atomic E-state index is -5.14. The molecule has 0 aliphatic carbocycles. The van der Waals surface area contributed by atoms with E-state index in [0.29, 0.717) is 19.9 Å². The highest BCUT2D eigenvalue weighted by Gasteiger charge is 2.55. The summed E-state index contributed by atoms with van der Waals surface area (Å²) in [6, 6.07) is 0. The van der Waals surface area contributed by atoms with Crippen LogP contribution in [0.25, 0.3) is 0 Å². The van der Waals surface area contributed by atoms with E-state index in [-0.39, 0.29) is 0 Å². The maximum atomic E-state index is 12.9. The lowest BCUT2D eigenvalue weighted by atomic mass is 9.81. The van der Waals surface area contributed by atoms with Crippen molar-refractivity contribution in [3.05, 3.63) is 12.7 Å². The number of carbonyl (C=O) groups is 1. The molecule has 0 aliphatic rings. The van der Waals surface area contributed by atoms with Crippen molar-refractivity contribution in [2.45, 2.75) is 50.7 Å². The molecule has 0 aromatic carbocycles. The van der Waals surface area contributed by atoms with Crippen LogP contribution in [-0.4, -0.2) is 46.8 Å². The van der Waals surface area contributed by atoms with Gasteiger partial charge in [-0.3, -0.25) is 0 Å². The topological polar surface area (TPSA) is 66.8 Å². The Bertz CT molecular complexity index is 429. The number of carbonyl (C=O) groups excluding carboxylic acids is 1. The summed E-state index contributed by atoms with van der Waals surface area (Å²) in [6.45, 7) is 2.50. The number of hydrogen-bond donors (Lipinski definition) is 2.